The molecule has 1 amide bonds. The van der Waals surface area contributed by atoms with E-state index in [0.29, 0.717) is 36.6 Å². The molecule has 4 rings (SSSR count). The number of aliphatic hydroxyl groups is 1. The Morgan fingerprint density at radius 1 is 1.28 bits per heavy atom. The molecule has 1 atom stereocenters. The number of thiazole rings is 1. The summed E-state index contributed by atoms with van der Waals surface area (Å²) in [4.78, 5) is 18.9. The van der Waals surface area contributed by atoms with E-state index in [4.69, 9.17) is 0 Å². The smallest absolute Gasteiger partial charge is 0.265 e. The minimum atomic E-state index is -0.647. The number of rotatable bonds is 4. The average molecular weight is 354 g/mol. The fraction of sp³-hybridized carbons (Fsp3) is 0.278. The van der Waals surface area contributed by atoms with Crippen molar-refractivity contribution in [2.45, 2.75) is 25.6 Å². The lowest BCUT2D eigenvalue weighted by atomic mass is 10.1. The zero-order valence-corrected chi connectivity index (χ0v) is 14.4. The quantitative estimate of drug-likeness (QED) is 0.780. The number of benzene rings is 1. The predicted molar refractivity (Wildman–Crippen MR) is 94.2 cm³/mol. The molecular formula is C18H18N4O2S. The molecule has 1 aromatic carbocycles. The van der Waals surface area contributed by atoms with Crippen molar-refractivity contribution in [3.63, 3.8) is 0 Å². The van der Waals surface area contributed by atoms with Gasteiger partial charge in [0.1, 0.15) is 11.0 Å². The van der Waals surface area contributed by atoms with Crippen molar-refractivity contribution in [2.24, 2.45) is 0 Å². The zero-order valence-electron chi connectivity index (χ0n) is 13.6. The summed E-state index contributed by atoms with van der Waals surface area (Å²) >= 11 is 1.35. The minimum absolute atomic E-state index is 0.00124. The second-order valence-corrected chi connectivity index (χ2v) is 6.97. The van der Waals surface area contributed by atoms with Gasteiger partial charge in [-0.3, -0.25) is 14.5 Å². The molecule has 0 spiro atoms. The highest BCUT2D eigenvalue weighted by Crippen LogP contribution is 2.22. The van der Waals surface area contributed by atoms with Gasteiger partial charge in [0.15, 0.2) is 0 Å². The highest BCUT2D eigenvalue weighted by molar-refractivity contribution is 7.11. The van der Waals surface area contributed by atoms with Crippen LogP contribution in [0.15, 0.2) is 48.1 Å². The Balaban J connectivity index is 1.48. The molecule has 0 aliphatic carbocycles. The van der Waals surface area contributed by atoms with E-state index < -0.39 is 6.10 Å². The number of fused-ring (bicyclic) bond motifs is 1. The maximum atomic E-state index is 12.5. The van der Waals surface area contributed by atoms with Gasteiger partial charge in [-0.1, -0.05) is 30.3 Å². The van der Waals surface area contributed by atoms with E-state index in [1.807, 2.05) is 41.1 Å². The van der Waals surface area contributed by atoms with Gasteiger partial charge in [-0.15, -0.1) is 11.3 Å². The third kappa shape index (κ3) is 3.33. The van der Waals surface area contributed by atoms with Gasteiger partial charge < -0.3 is 10.0 Å². The number of hydrogen-bond acceptors (Lipinski definition) is 5. The van der Waals surface area contributed by atoms with Crippen molar-refractivity contribution >= 4 is 17.2 Å². The average Bonchev–Trinajstić information content (AvgIpc) is 3.31. The Hall–Kier alpha value is -2.51. The van der Waals surface area contributed by atoms with E-state index in [1.54, 1.807) is 16.6 Å². The summed E-state index contributed by atoms with van der Waals surface area (Å²) in [7, 11) is 0. The van der Waals surface area contributed by atoms with Crippen molar-refractivity contribution < 1.29 is 9.90 Å². The van der Waals surface area contributed by atoms with Gasteiger partial charge in [-0.2, -0.15) is 5.10 Å². The topological polar surface area (TPSA) is 71.2 Å². The van der Waals surface area contributed by atoms with Crippen LogP contribution in [0.4, 0.5) is 0 Å². The number of hydrogen-bond donors (Lipinski definition) is 1. The van der Waals surface area contributed by atoms with Gasteiger partial charge in [0, 0.05) is 13.0 Å². The highest BCUT2D eigenvalue weighted by Gasteiger charge is 2.25. The molecule has 7 heteroatoms. The van der Waals surface area contributed by atoms with Crippen LogP contribution in [0.2, 0.25) is 0 Å². The number of aromatic nitrogens is 3. The predicted octanol–water partition coefficient (Wildman–Crippen LogP) is 2.27. The van der Waals surface area contributed by atoms with Crippen LogP contribution in [-0.2, 0) is 19.5 Å². The summed E-state index contributed by atoms with van der Waals surface area (Å²) in [5, 5.41) is 15.0. The van der Waals surface area contributed by atoms with Gasteiger partial charge in [0.25, 0.3) is 5.91 Å². The first kappa shape index (κ1) is 16.0. The summed E-state index contributed by atoms with van der Waals surface area (Å²) < 4.78 is 1.89. The SMILES string of the molecule is O=C(c1cncs1)N1CCn2nc([C@@H](O)Cc3ccccc3)cc2C1. The molecule has 1 aliphatic rings. The summed E-state index contributed by atoms with van der Waals surface area (Å²) in [6.07, 6.45) is 1.49. The largest absolute Gasteiger partial charge is 0.386 e. The lowest BCUT2D eigenvalue weighted by Crippen LogP contribution is -2.38. The first-order chi connectivity index (χ1) is 12.2. The van der Waals surface area contributed by atoms with Gasteiger partial charge in [-0.05, 0) is 11.6 Å². The molecule has 0 unspecified atom stereocenters. The molecule has 3 heterocycles. The van der Waals surface area contributed by atoms with Crippen molar-refractivity contribution in [1.29, 1.82) is 0 Å². The Bertz CT molecular complexity index is 861. The van der Waals surface area contributed by atoms with E-state index in [1.165, 1.54) is 11.3 Å². The van der Waals surface area contributed by atoms with E-state index in [0.717, 1.165) is 11.3 Å². The Morgan fingerprint density at radius 3 is 2.88 bits per heavy atom. The zero-order chi connectivity index (χ0) is 17.2. The summed E-state index contributed by atoms with van der Waals surface area (Å²) in [5.41, 5.74) is 4.35. The van der Waals surface area contributed by atoms with Crippen molar-refractivity contribution in [3.8, 4) is 0 Å². The summed E-state index contributed by atoms with van der Waals surface area (Å²) in [5.74, 6) is 0.00124. The number of carbonyl (C=O) groups is 1. The standard InChI is InChI=1S/C18H18N4O2S/c23-16(8-13-4-2-1-3-5-13)15-9-14-11-21(6-7-22(14)20-15)18(24)17-10-19-12-25-17/h1-5,9-10,12,16,23H,6-8,11H2/t16-/m0/s1. The first-order valence-electron chi connectivity index (χ1n) is 8.17. The third-order valence-electron chi connectivity index (χ3n) is 4.36. The molecule has 1 aliphatic heterocycles. The van der Waals surface area contributed by atoms with Crippen LogP contribution in [-0.4, -0.2) is 37.2 Å². The van der Waals surface area contributed by atoms with Crippen molar-refractivity contribution in [1.82, 2.24) is 19.7 Å². The van der Waals surface area contributed by atoms with Crippen molar-refractivity contribution in [3.05, 3.63) is 69.9 Å². The number of amides is 1. The molecule has 1 N–H and O–H groups in total. The van der Waals surface area contributed by atoms with Crippen LogP contribution in [0.1, 0.15) is 32.7 Å². The van der Waals surface area contributed by atoms with Crippen LogP contribution in [0.3, 0.4) is 0 Å². The molecule has 0 fully saturated rings. The van der Waals surface area contributed by atoms with E-state index >= 15 is 0 Å². The van der Waals surface area contributed by atoms with Crippen LogP contribution < -0.4 is 0 Å². The maximum absolute atomic E-state index is 12.5. The van der Waals surface area contributed by atoms with Gasteiger partial charge in [-0.25, -0.2) is 0 Å². The van der Waals surface area contributed by atoms with Crippen LogP contribution in [0.25, 0.3) is 0 Å². The van der Waals surface area contributed by atoms with Crippen LogP contribution >= 0.6 is 11.3 Å². The first-order valence-corrected chi connectivity index (χ1v) is 9.05. The Kier molecular flexibility index (Phi) is 4.33. The Labute approximate surface area is 149 Å². The van der Waals surface area contributed by atoms with Gasteiger partial charge in [0.05, 0.1) is 36.2 Å². The second-order valence-electron chi connectivity index (χ2n) is 6.08. The molecule has 25 heavy (non-hydrogen) atoms. The van der Waals surface area contributed by atoms with E-state index in [2.05, 4.69) is 10.1 Å². The minimum Gasteiger partial charge on any atom is -0.386 e. The molecule has 3 aromatic rings. The molecule has 2 aromatic heterocycles. The van der Waals surface area contributed by atoms with Crippen molar-refractivity contribution in [2.75, 3.05) is 6.54 Å². The van der Waals surface area contributed by atoms with Crippen LogP contribution in [0.5, 0.6) is 0 Å². The number of nitrogens with zero attached hydrogens (tertiary/aromatic N) is 4. The van der Waals surface area contributed by atoms with Crippen LogP contribution in [0, 0.1) is 0 Å². The fourth-order valence-corrected chi connectivity index (χ4v) is 3.63. The molecular weight excluding hydrogens is 336 g/mol. The second kappa shape index (κ2) is 6.78. The summed E-state index contributed by atoms with van der Waals surface area (Å²) in [6.45, 7) is 1.75. The van der Waals surface area contributed by atoms with Gasteiger partial charge in [0.2, 0.25) is 0 Å². The molecule has 128 valence electrons. The summed E-state index contributed by atoms with van der Waals surface area (Å²) in [6, 6.07) is 11.8. The Morgan fingerprint density at radius 2 is 2.12 bits per heavy atom. The molecule has 0 radical (unpaired) electrons. The van der Waals surface area contributed by atoms with E-state index in [9.17, 15) is 9.90 Å². The molecule has 6 nitrogen and oxygen atoms in total. The lowest BCUT2D eigenvalue weighted by molar-refractivity contribution is 0.0710. The lowest BCUT2D eigenvalue weighted by Gasteiger charge is -2.27. The monoisotopic (exact) mass is 354 g/mol. The van der Waals surface area contributed by atoms with Gasteiger partial charge >= 0.3 is 0 Å². The fourth-order valence-electron chi connectivity index (χ4n) is 3.04. The molecule has 0 bridgehead atoms. The normalized spacial score (nSPS) is 15.0. The number of aliphatic hydroxyl groups excluding tert-OH is 1. The third-order valence-corrected chi connectivity index (χ3v) is 5.12. The molecule has 0 saturated heterocycles. The number of carbonyl (C=O) groups excluding carboxylic acids is 1. The van der Waals surface area contributed by atoms with E-state index in [-0.39, 0.29) is 5.91 Å². The highest BCUT2D eigenvalue weighted by atomic mass is 32.1. The maximum Gasteiger partial charge on any atom is 0.265 e. The molecule has 0 saturated carbocycles.